The minimum Gasteiger partial charge on any atom is -0.335 e. The minimum atomic E-state index is -4.31. The second-order valence-electron chi connectivity index (χ2n) is 6.17. The van der Waals surface area contributed by atoms with Gasteiger partial charge in [-0.05, 0) is 35.6 Å². The van der Waals surface area contributed by atoms with Gasteiger partial charge in [-0.1, -0.05) is 23.5 Å². The molecule has 1 amide bonds. The van der Waals surface area contributed by atoms with Crippen LogP contribution < -0.4 is 0 Å². The Morgan fingerprint density at radius 1 is 1.15 bits per heavy atom. The lowest BCUT2D eigenvalue weighted by molar-refractivity contribution is -0.137. The highest BCUT2D eigenvalue weighted by Crippen LogP contribution is 2.29. The van der Waals surface area contributed by atoms with E-state index in [2.05, 4.69) is 14.5 Å². The van der Waals surface area contributed by atoms with Gasteiger partial charge < -0.3 is 4.90 Å². The summed E-state index contributed by atoms with van der Waals surface area (Å²) in [7, 11) is 0. The fraction of sp³-hybridized carbons (Fsp3) is 0.471. The number of carbonyl (C=O) groups is 1. The fourth-order valence-electron chi connectivity index (χ4n) is 2.91. The summed E-state index contributed by atoms with van der Waals surface area (Å²) >= 11 is 1.12. The summed E-state index contributed by atoms with van der Waals surface area (Å²) in [6.45, 7) is 5.04. The number of halogens is 3. The highest BCUT2D eigenvalue weighted by Gasteiger charge is 2.30. The third kappa shape index (κ3) is 4.21. The predicted molar refractivity (Wildman–Crippen MR) is 91.9 cm³/mol. The van der Waals surface area contributed by atoms with Crippen molar-refractivity contribution in [3.05, 3.63) is 46.0 Å². The van der Waals surface area contributed by atoms with Gasteiger partial charge in [-0.25, -0.2) is 0 Å². The molecule has 2 heterocycles. The molecule has 3 rings (SSSR count). The molecule has 1 aromatic carbocycles. The van der Waals surface area contributed by atoms with Gasteiger partial charge in [0.1, 0.15) is 4.88 Å². The number of rotatable bonds is 4. The number of aryl methyl sites for hydroxylation is 1. The molecule has 26 heavy (non-hydrogen) atoms. The number of amides is 1. The predicted octanol–water partition coefficient (Wildman–Crippen LogP) is 3.08. The van der Waals surface area contributed by atoms with Crippen LogP contribution in [0.1, 0.15) is 33.4 Å². The fourth-order valence-corrected chi connectivity index (χ4v) is 3.63. The van der Waals surface area contributed by atoms with Crippen LogP contribution in [0.15, 0.2) is 24.3 Å². The Bertz CT molecular complexity index is 752. The van der Waals surface area contributed by atoms with E-state index in [1.807, 2.05) is 6.92 Å². The molecule has 5 nitrogen and oxygen atoms in total. The second kappa shape index (κ2) is 7.71. The van der Waals surface area contributed by atoms with E-state index in [9.17, 15) is 18.0 Å². The van der Waals surface area contributed by atoms with Gasteiger partial charge in [0.15, 0.2) is 0 Å². The number of carbonyl (C=O) groups excluding carboxylic acids is 1. The Kier molecular flexibility index (Phi) is 5.57. The van der Waals surface area contributed by atoms with Gasteiger partial charge in [0.05, 0.1) is 11.3 Å². The van der Waals surface area contributed by atoms with Gasteiger partial charge >= 0.3 is 6.18 Å². The van der Waals surface area contributed by atoms with E-state index in [-0.39, 0.29) is 5.91 Å². The van der Waals surface area contributed by atoms with Crippen molar-refractivity contribution in [2.75, 3.05) is 26.2 Å². The number of hydrogen-bond acceptors (Lipinski definition) is 5. The van der Waals surface area contributed by atoms with Crippen molar-refractivity contribution in [3.63, 3.8) is 0 Å². The first-order valence-electron chi connectivity index (χ1n) is 8.37. The first-order valence-corrected chi connectivity index (χ1v) is 9.15. The third-order valence-electron chi connectivity index (χ3n) is 4.43. The van der Waals surface area contributed by atoms with Crippen molar-refractivity contribution >= 4 is 17.4 Å². The largest absolute Gasteiger partial charge is 0.416 e. The Hall–Kier alpha value is -2.00. The molecular formula is C17H19F3N4OS. The molecular weight excluding hydrogens is 365 g/mol. The van der Waals surface area contributed by atoms with E-state index >= 15 is 0 Å². The number of benzene rings is 1. The van der Waals surface area contributed by atoms with Crippen LogP contribution in [0.3, 0.4) is 0 Å². The molecule has 0 spiro atoms. The number of alkyl halides is 3. The standard InChI is InChI=1S/C17H19F3N4OS/c1-2-14-15(26-22-21-14)16(25)24-9-7-23(8-10-24)11-12-3-5-13(6-4-12)17(18,19)20/h3-6H,2,7-11H2,1H3. The van der Waals surface area contributed by atoms with Gasteiger partial charge in [-0.2, -0.15) is 13.2 Å². The zero-order valence-electron chi connectivity index (χ0n) is 14.3. The molecule has 0 saturated carbocycles. The molecule has 1 fully saturated rings. The van der Waals surface area contributed by atoms with Gasteiger partial charge in [-0.3, -0.25) is 9.69 Å². The van der Waals surface area contributed by atoms with Crippen molar-refractivity contribution in [3.8, 4) is 0 Å². The average molecular weight is 384 g/mol. The van der Waals surface area contributed by atoms with E-state index in [0.717, 1.165) is 34.9 Å². The van der Waals surface area contributed by atoms with E-state index < -0.39 is 11.7 Å². The van der Waals surface area contributed by atoms with E-state index in [0.29, 0.717) is 44.0 Å². The van der Waals surface area contributed by atoms with Crippen molar-refractivity contribution < 1.29 is 18.0 Å². The quantitative estimate of drug-likeness (QED) is 0.813. The number of aromatic nitrogens is 2. The van der Waals surface area contributed by atoms with E-state index in [1.165, 1.54) is 12.1 Å². The molecule has 1 aromatic heterocycles. The molecule has 140 valence electrons. The maximum atomic E-state index is 12.6. The van der Waals surface area contributed by atoms with Crippen molar-refractivity contribution in [2.24, 2.45) is 0 Å². The molecule has 0 aliphatic carbocycles. The Morgan fingerprint density at radius 2 is 1.81 bits per heavy atom. The van der Waals surface area contributed by atoms with Crippen LogP contribution in [0, 0.1) is 0 Å². The van der Waals surface area contributed by atoms with E-state index in [4.69, 9.17) is 0 Å². The number of piperazine rings is 1. The Labute approximate surface area is 153 Å². The van der Waals surface area contributed by atoms with Gasteiger partial charge in [0, 0.05) is 32.7 Å². The smallest absolute Gasteiger partial charge is 0.335 e. The summed E-state index contributed by atoms with van der Waals surface area (Å²) in [5, 5.41) is 3.98. The Morgan fingerprint density at radius 3 is 2.38 bits per heavy atom. The summed E-state index contributed by atoms with van der Waals surface area (Å²) in [4.78, 5) is 17.1. The van der Waals surface area contributed by atoms with Gasteiger partial charge in [0.2, 0.25) is 0 Å². The van der Waals surface area contributed by atoms with Crippen LogP contribution >= 0.6 is 11.5 Å². The lowest BCUT2D eigenvalue weighted by Gasteiger charge is -2.34. The van der Waals surface area contributed by atoms with Crippen LogP contribution in [0.5, 0.6) is 0 Å². The van der Waals surface area contributed by atoms with Crippen molar-refractivity contribution in [1.82, 2.24) is 19.4 Å². The molecule has 1 aliphatic rings. The van der Waals surface area contributed by atoms with Crippen LogP contribution in [-0.2, 0) is 19.1 Å². The van der Waals surface area contributed by atoms with Crippen molar-refractivity contribution in [1.29, 1.82) is 0 Å². The Balaban J connectivity index is 1.55. The third-order valence-corrected chi connectivity index (χ3v) is 5.19. The van der Waals surface area contributed by atoms with Crippen molar-refractivity contribution in [2.45, 2.75) is 26.1 Å². The lowest BCUT2D eigenvalue weighted by Crippen LogP contribution is -2.48. The lowest BCUT2D eigenvalue weighted by atomic mass is 10.1. The zero-order chi connectivity index (χ0) is 18.7. The first kappa shape index (κ1) is 18.8. The van der Waals surface area contributed by atoms with Crippen LogP contribution in [0.2, 0.25) is 0 Å². The topological polar surface area (TPSA) is 49.3 Å². The summed E-state index contributed by atoms with van der Waals surface area (Å²) in [5.74, 6) is -0.0361. The SMILES string of the molecule is CCc1nnsc1C(=O)N1CCN(Cc2ccc(C(F)(F)F)cc2)CC1. The summed E-state index contributed by atoms with van der Waals surface area (Å²) in [5.41, 5.74) is 0.923. The molecule has 0 unspecified atom stereocenters. The summed E-state index contributed by atoms with van der Waals surface area (Å²) in [6, 6.07) is 5.24. The molecule has 0 N–H and O–H groups in total. The molecule has 0 bridgehead atoms. The molecule has 0 radical (unpaired) electrons. The average Bonchev–Trinajstić information content (AvgIpc) is 3.10. The van der Waals surface area contributed by atoms with Gasteiger partial charge in [0.25, 0.3) is 5.91 Å². The molecule has 1 aliphatic heterocycles. The zero-order valence-corrected chi connectivity index (χ0v) is 15.1. The van der Waals surface area contributed by atoms with E-state index in [1.54, 1.807) is 4.90 Å². The van der Waals surface area contributed by atoms with Gasteiger partial charge in [-0.15, -0.1) is 5.10 Å². The van der Waals surface area contributed by atoms with Crippen LogP contribution in [-0.4, -0.2) is 51.5 Å². The maximum Gasteiger partial charge on any atom is 0.416 e. The monoisotopic (exact) mass is 384 g/mol. The van der Waals surface area contributed by atoms with Crippen LogP contribution in [0.25, 0.3) is 0 Å². The normalized spacial score (nSPS) is 16.1. The van der Waals surface area contributed by atoms with Crippen LogP contribution in [0.4, 0.5) is 13.2 Å². The molecule has 9 heteroatoms. The molecule has 1 saturated heterocycles. The highest BCUT2D eigenvalue weighted by atomic mass is 32.1. The summed E-state index contributed by atoms with van der Waals surface area (Å²) in [6.07, 6.45) is -3.64. The molecule has 0 atom stereocenters. The first-order chi connectivity index (χ1) is 12.4. The minimum absolute atomic E-state index is 0.0361. The highest BCUT2D eigenvalue weighted by molar-refractivity contribution is 7.08. The number of hydrogen-bond donors (Lipinski definition) is 0. The summed E-state index contributed by atoms with van der Waals surface area (Å²) < 4.78 is 41.7. The molecule has 2 aromatic rings. The number of nitrogens with zero attached hydrogens (tertiary/aromatic N) is 4. The maximum absolute atomic E-state index is 12.6. The second-order valence-corrected chi connectivity index (χ2v) is 6.92.